The number of hydrogen-bond donors (Lipinski definition) is 2. The van der Waals surface area contributed by atoms with E-state index in [2.05, 4.69) is 16.9 Å². The highest BCUT2D eigenvalue weighted by molar-refractivity contribution is 7.89. The summed E-state index contributed by atoms with van der Waals surface area (Å²) in [5, 5.41) is 0. The Labute approximate surface area is 94.5 Å². The number of nitrogens with two attached hydrogens (primary N) is 1. The van der Waals surface area contributed by atoms with Crippen molar-refractivity contribution in [3.63, 3.8) is 0 Å². The van der Waals surface area contributed by atoms with Gasteiger partial charge >= 0.3 is 0 Å². The Balaban J connectivity index is 2.87. The van der Waals surface area contributed by atoms with Crippen LogP contribution in [0.25, 0.3) is 0 Å². The first-order valence-corrected chi connectivity index (χ1v) is 6.15. The molecule has 0 aliphatic heterocycles. The van der Waals surface area contributed by atoms with Crippen molar-refractivity contribution in [2.45, 2.75) is 11.8 Å². The smallest absolute Gasteiger partial charge is 0.240 e. The quantitative estimate of drug-likeness (QED) is 0.759. The fourth-order valence-corrected chi connectivity index (χ4v) is 2.14. The van der Waals surface area contributed by atoms with Crippen LogP contribution >= 0.6 is 12.2 Å². The highest BCUT2D eigenvalue weighted by Crippen LogP contribution is 2.09. The fourth-order valence-electron chi connectivity index (χ4n) is 0.967. The number of hydrogen-bond acceptors (Lipinski definition) is 3. The molecule has 0 amide bonds. The van der Waals surface area contributed by atoms with Crippen LogP contribution in [-0.2, 0) is 10.0 Å². The van der Waals surface area contributed by atoms with Crippen molar-refractivity contribution in [1.82, 2.24) is 4.72 Å². The summed E-state index contributed by atoms with van der Waals surface area (Å²) in [6.45, 7) is 1.87. The largest absolute Gasteiger partial charge is 0.392 e. The third-order valence-corrected chi connectivity index (χ3v) is 3.33. The van der Waals surface area contributed by atoms with Crippen LogP contribution in [-0.4, -0.2) is 20.0 Å². The Morgan fingerprint density at radius 2 is 1.93 bits per heavy atom. The van der Waals surface area contributed by atoms with Crippen LogP contribution in [0.3, 0.4) is 0 Å². The molecule has 0 atom stereocenters. The number of rotatable bonds is 4. The summed E-state index contributed by atoms with van der Waals surface area (Å²) in [5.74, 6) is 0. The molecule has 0 fully saturated rings. The summed E-state index contributed by atoms with van der Waals surface area (Å²) < 4.78 is 25.5. The molecule has 4 nitrogen and oxygen atoms in total. The number of nitrogens with one attached hydrogen (secondary N) is 1. The average molecular weight is 244 g/mol. The van der Waals surface area contributed by atoms with Gasteiger partial charge in [0.1, 0.15) is 0 Å². The Kier molecular flexibility index (Phi) is 3.78. The summed E-state index contributed by atoms with van der Waals surface area (Å²) in [7, 11) is -3.49. The summed E-state index contributed by atoms with van der Waals surface area (Å²) in [6.07, 6.45) is 0. The van der Waals surface area contributed by atoms with Crippen LogP contribution in [0.1, 0.15) is 5.56 Å². The van der Waals surface area contributed by atoms with Crippen molar-refractivity contribution in [2.24, 2.45) is 5.73 Å². The van der Waals surface area contributed by atoms with E-state index >= 15 is 0 Å². The molecular weight excluding hydrogens is 232 g/mol. The fraction of sp³-hybridized carbons (Fsp3) is 0.222. The maximum atomic E-state index is 11.6. The Bertz CT molecular complexity index is 452. The SMILES string of the molecule is Cc1ccc(S(=O)(=O)NCC(N)=S)cc1. The second-order valence-electron chi connectivity index (χ2n) is 3.10. The number of aryl methyl sites for hydroxylation is 1. The van der Waals surface area contributed by atoms with Gasteiger partial charge in [0, 0.05) is 0 Å². The molecule has 3 N–H and O–H groups in total. The third-order valence-electron chi connectivity index (χ3n) is 1.77. The van der Waals surface area contributed by atoms with Gasteiger partial charge in [-0.1, -0.05) is 29.9 Å². The minimum absolute atomic E-state index is 0.0223. The van der Waals surface area contributed by atoms with Gasteiger partial charge in [-0.2, -0.15) is 0 Å². The summed E-state index contributed by atoms with van der Waals surface area (Å²) >= 11 is 4.59. The molecule has 0 spiro atoms. The van der Waals surface area contributed by atoms with E-state index in [1.54, 1.807) is 12.1 Å². The molecule has 1 aromatic carbocycles. The van der Waals surface area contributed by atoms with Crippen LogP contribution in [0.2, 0.25) is 0 Å². The molecule has 0 aliphatic rings. The molecule has 0 aromatic heterocycles. The molecule has 0 saturated carbocycles. The summed E-state index contributed by atoms with van der Waals surface area (Å²) in [6, 6.07) is 6.54. The van der Waals surface area contributed by atoms with Gasteiger partial charge in [-0.3, -0.25) is 0 Å². The van der Waals surface area contributed by atoms with Gasteiger partial charge in [0.05, 0.1) is 16.4 Å². The molecule has 0 radical (unpaired) electrons. The highest BCUT2D eigenvalue weighted by atomic mass is 32.2. The minimum atomic E-state index is -3.49. The van der Waals surface area contributed by atoms with Gasteiger partial charge in [-0.25, -0.2) is 13.1 Å². The van der Waals surface area contributed by atoms with Crippen molar-refractivity contribution < 1.29 is 8.42 Å². The summed E-state index contributed by atoms with van der Waals surface area (Å²) in [4.78, 5) is 0.329. The van der Waals surface area contributed by atoms with Crippen molar-refractivity contribution in [3.05, 3.63) is 29.8 Å². The average Bonchev–Trinajstić information content (AvgIpc) is 2.16. The van der Waals surface area contributed by atoms with E-state index < -0.39 is 10.0 Å². The topological polar surface area (TPSA) is 72.2 Å². The Morgan fingerprint density at radius 1 is 1.40 bits per heavy atom. The van der Waals surface area contributed by atoms with Gasteiger partial charge < -0.3 is 5.73 Å². The molecule has 0 aliphatic carbocycles. The normalized spacial score (nSPS) is 11.3. The maximum Gasteiger partial charge on any atom is 0.240 e. The molecule has 1 aromatic rings. The van der Waals surface area contributed by atoms with Crippen LogP contribution in [0, 0.1) is 6.92 Å². The molecule has 0 bridgehead atoms. The van der Waals surface area contributed by atoms with E-state index in [0.717, 1.165) is 5.56 Å². The van der Waals surface area contributed by atoms with Gasteiger partial charge in [-0.15, -0.1) is 0 Å². The zero-order chi connectivity index (χ0) is 11.5. The summed E-state index contributed by atoms with van der Waals surface area (Å²) in [5.41, 5.74) is 6.21. The Hall–Kier alpha value is -0.980. The van der Waals surface area contributed by atoms with Crippen molar-refractivity contribution >= 4 is 27.2 Å². The van der Waals surface area contributed by atoms with Crippen LogP contribution < -0.4 is 10.5 Å². The van der Waals surface area contributed by atoms with Gasteiger partial charge in [0.15, 0.2) is 0 Å². The van der Waals surface area contributed by atoms with E-state index in [1.165, 1.54) is 12.1 Å². The first-order chi connectivity index (χ1) is 6.92. The molecule has 1 rings (SSSR count). The predicted molar refractivity (Wildman–Crippen MR) is 63.2 cm³/mol. The lowest BCUT2D eigenvalue weighted by molar-refractivity contribution is 0.586. The monoisotopic (exact) mass is 244 g/mol. The number of benzene rings is 1. The van der Waals surface area contributed by atoms with Gasteiger partial charge in [0.25, 0.3) is 0 Å². The Morgan fingerprint density at radius 3 is 2.40 bits per heavy atom. The first kappa shape index (κ1) is 12.1. The standard InChI is InChI=1S/C9H12N2O2S2/c1-7-2-4-8(5-3-7)15(12,13)11-6-9(10)14/h2-5,11H,6H2,1H3,(H2,10,14). The van der Waals surface area contributed by atoms with E-state index in [9.17, 15) is 8.42 Å². The molecular formula is C9H12N2O2S2. The van der Waals surface area contributed by atoms with E-state index in [0.29, 0.717) is 0 Å². The molecule has 0 heterocycles. The van der Waals surface area contributed by atoms with Crippen LogP contribution in [0.15, 0.2) is 29.2 Å². The maximum absolute atomic E-state index is 11.6. The second kappa shape index (κ2) is 4.69. The molecule has 6 heteroatoms. The minimum Gasteiger partial charge on any atom is -0.392 e. The van der Waals surface area contributed by atoms with E-state index in [4.69, 9.17) is 5.73 Å². The molecule has 0 unspecified atom stereocenters. The number of thiocarbonyl (C=S) groups is 1. The van der Waals surface area contributed by atoms with Crippen LogP contribution in [0.4, 0.5) is 0 Å². The number of sulfonamides is 1. The van der Waals surface area contributed by atoms with Gasteiger partial charge in [-0.05, 0) is 19.1 Å². The van der Waals surface area contributed by atoms with Gasteiger partial charge in [0.2, 0.25) is 10.0 Å². The zero-order valence-corrected chi connectivity index (χ0v) is 9.86. The zero-order valence-electron chi connectivity index (χ0n) is 8.23. The van der Waals surface area contributed by atoms with E-state index in [-0.39, 0.29) is 16.4 Å². The van der Waals surface area contributed by atoms with Crippen molar-refractivity contribution in [2.75, 3.05) is 6.54 Å². The molecule has 0 saturated heterocycles. The lowest BCUT2D eigenvalue weighted by Crippen LogP contribution is -2.32. The lowest BCUT2D eigenvalue weighted by Gasteiger charge is -2.05. The lowest BCUT2D eigenvalue weighted by atomic mass is 10.2. The third kappa shape index (κ3) is 3.58. The van der Waals surface area contributed by atoms with E-state index in [1.807, 2.05) is 6.92 Å². The highest BCUT2D eigenvalue weighted by Gasteiger charge is 2.12. The van der Waals surface area contributed by atoms with Crippen molar-refractivity contribution in [1.29, 1.82) is 0 Å². The second-order valence-corrected chi connectivity index (χ2v) is 5.40. The van der Waals surface area contributed by atoms with Crippen molar-refractivity contribution in [3.8, 4) is 0 Å². The first-order valence-electron chi connectivity index (χ1n) is 4.26. The molecule has 15 heavy (non-hydrogen) atoms. The van der Waals surface area contributed by atoms with Crippen LogP contribution in [0.5, 0.6) is 0 Å². The predicted octanol–water partition coefficient (Wildman–Crippen LogP) is 0.559. The molecule has 82 valence electrons.